The molecular formula is C14H10Cl2N2O. The largest absolute Gasteiger partial charge is 0.291 e. The van der Waals surface area contributed by atoms with E-state index in [1.54, 1.807) is 6.08 Å². The van der Waals surface area contributed by atoms with Gasteiger partial charge < -0.3 is 0 Å². The molecule has 2 rings (SSSR count). The molecule has 1 heterocycles. The Hall–Kier alpha value is -1.84. The average molecular weight is 293 g/mol. The first-order valence-electron chi connectivity index (χ1n) is 5.51. The second kappa shape index (κ2) is 6.36. The summed E-state index contributed by atoms with van der Waals surface area (Å²) in [6.07, 6.45) is 8.27. The van der Waals surface area contributed by atoms with Crippen LogP contribution in [0.15, 0.2) is 53.5 Å². The third-order valence-corrected chi connectivity index (χ3v) is 3.08. The lowest BCUT2D eigenvalue weighted by atomic mass is 10.2. The summed E-state index contributed by atoms with van der Waals surface area (Å²) in [6.45, 7) is 0. The van der Waals surface area contributed by atoms with E-state index in [2.05, 4.69) is 5.10 Å². The Morgan fingerprint density at radius 2 is 1.84 bits per heavy atom. The van der Waals surface area contributed by atoms with E-state index in [-0.39, 0.29) is 10.0 Å². The summed E-state index contributed by atoms with van der Waals surface area (Å²) in [7, 11) is 0. The molecule has 0 spiro atoms. The molecule has 3 nitrogen and oxygen atoms in total. The highest BCUT2D eigenvalue weighted by Gasteiger charge is 2.04. The summed E-state index contributed by atoms with van der Waals surface area (Å²) in [5.41, 5.74) is 0.625. The number of nitrogens with zero attached hydrogens (tertiary/aromatic N) is 2. The fourth-order valence-corrected chi connectivity index (χ4v) is 1.65. The molecule has 0 unspecified atom stereocenters. The fourth-order valence-electron chi connectivity index (χ4n) is 1.39. The van der Waals surface area contributed by atoms with E-state index >= 15 is 0 Å². The number of allylic oxidation sites excluding steroid dienone is 2. The Morgan fingerprint density at radius 1 is 1.11 bits per heavy atom. The van der Waals surface area contributed by atoms with Gasteiger partial charge in [0.05, 0.1) is 11.2 Å². The minimum absolute atomic E-state index is 0.0339. The first kappa shape index (κ1) is 13.6. The molecule has 1 aromatic carbocycles. The number of benzene rings is 1. The fraction of sp³-hybridized carbons (Fsp3) is 0. The van der Waals surface area contributed by atoms with Crippen LogP contribution in [0.2, 0.25) is 10.0 Å². The van der Waals surface area contributed by atoms with Crippen molar-refractivity contribution in [1.29, 1.82) is 0 Å². The summed E-state index contributed by atoms with van der Waals surface area (Å²) in [6, 6.07) is 9.82. The molecule has 0 aliphatic rings. The Balaban J connectivity index is 2.14. The van der Waals surface area contributed by atoms with E-state index in [9.17, 15) is 4.79 Å². The molecule has 96 valence electrons. The van der Waals surface area contributed by atoms with Crippen LogP contribution in [-0.2, 0) is 0 Å². The summed E-state index contributed by atoms with van der Waals surface area (Å²) >= 11 is 11.4. The van der Waals surface area contributed by atoms with Crippen LogP contribution in [0.1, 0.15) is 5.56 Å². The van der Waals surface area contributed by atoms with E-state index in [1.807, 2.05) is 42.5 Å². The lowest BCUT2D eigenvalue weighted by Gasteiger charge is -1.98. The van der Waals surface area contributed by atoms with Crippen molar-refractivity contribution in [2.24, 2.45) is 0 Å². The number of hydrogen-bond donors (Lipinski definition) is 0. The normalized spacial score (nSPS) is 11.5. The molecule has 0 N–H and O–H groups in total. The van der Waals surface area contributed by atoms with E-state index in [1.165, 1.54) is 12.4 Å². The molecule has 0 amide bonds. The quantitative estimate of drug-likeness (QED) is 0.808. The van der Waals surface area contributed by atoms with Gasteiger partial charge in [-0.2, -0.15) is 5.10 Å². The van der Waals surface area contributed by atoms with Gasteiger partial charge in [0.25, 0.3) is 5.56 Å². The molecule has 0 fully saturated rings. The van der Waals surface area contributed by atoms with Crippen molar-refractivity contribution in [3.63, 3.8) is 0 Å². The average Bonchev–Trinajstić information content (AvgIpc) is 2.44. The van der Waals surface area contributed by atoms with Gasteiger partial charge >= 0.3 is 0 Å². The second-order valence-electron chi connectivity index (χ2n) is 3.67. The summed E-state index contributed by atoms with van der Waals surface area (Å²) in [5, 5.41) is 3.97. The van der Waals surface area contributed by atoms with Crippen LogP contribution in [0.3, 0.4) is 0 Å². The maximum atomic E-state index is 11.7. The van der Waals surface area contributed by atoms with E-state index in [0.29, 0.717) is 0 Å². The standard InChI is InChI=1S/C14H10Cl2N2O/c15-12-10-17-18(14(19)13(12)16)9-5-4-8-11-6-2-1-3-7-11/h1-10H/b8-4+,9-5+. The van der Waals surface area contributed by atoms with Gasteiger partial charge in [0.2, 0.25) is 0 Å². The Labute approximate surface area is 120 Å². The SMILES string of the molecule is O=c1c(Cl)c(Cl)cnn1/C=C/C=C/c1ccccc1. The highest BCUT2D eigenvalue weighted by molar-refractivity contribution is 6.41. The van der Waals surface area contributed by atoms with Crippen molar-refractivity contribution in [2.45, 2.75) is 0 Å². The minimum Gasteiger partial charge on any atom is -0.266 e. The number of aromatic nitrogens is 2. The zero-order valence-electron chi connectivity index (χ0n) is 9.83. The van der Waals surface area contributed by atoms with E-state index < -0.39 is 5.56 Å². The third-order valence-electron chi connectivity index (χ3n) is 2.33. The van der Waals surface area contributed by atoms with Gasteiger partial charge in [-0.15, -0.1) is 0 Å². The predicted molar refractivity (Wildman–Crippen MR) is 79.3 cm³/mol. The van der Waals surface area contributed by atoms with Gasteiger partial charge in [0, 0.05) is 6.20 Å². The van der Waals surface area contributed by atoms with E-state index in [4.69, 9.17) is 23.2 Å². The molecule has 2 aromatic rings. The molecule has 1 aromatic heterocycles. The maximum Gasteiger partial charge on any atom is 0.291 e. The lowest BCUT2D eigenvalue weighted by molar-refractivity contribution is 0.853. The second-order valence-corrected chi connectivity index (χ2v) is 4.45. The van der Waals surface area contributed by atoms with Crippen molar-refractivity contribution >= 4 is 35.5 Å². The Kier molecular flexibility index (Phi) is 4.55. The van der Waals surface area contributed by atoms with Gasteiger partial charge in [-0.05, 0) is 11.6 Å². The highest BCUT2D eigenvalue weighted by atomic mass is 35.5. The van der Waals surface area contributed by atoms with Crippen LogP contribution in [0.25, 0.3) is 12.3 Å². The van der Waals surface area contributed by atoms with Crippen molar-refractivity contribution < 1.29 is 0 Å². The molecule has 0 radical (unpaired) electrons. The zero-order chi connectivity index (χ0) is 13.7. The molecule has 0 aliphatic carbocycles. The lowest BCUT2D eigenvalue weighted by Crippen LogP contribution is -2.18. The third kappa shape index (κ3) is 3.56. The molecular weight excluding hydrogens is 283 g/mol. The molecule has 0 aliphatic heterocycles. The molecule has 19 heavy (non-hydrogen) atoms. The summed E-state index contributed by atoms with van der Waals surface area (Å²) in [4.78, 5) is 11.7. The smallest absolute Gasteiger partial charge is 0.266 e. The van der Waals surface area contributed by atoms with Crippen LogP contribution >= 0.6 is 23.2 Å². The summed E-state index contributed by atoms with van der Waals surface area (Å²) in [5.74, 6) is 0. The van der Waals surface area contributed by atoms with Gasteiger partial charge in [-0.1, -0.05) is 65.7 Å². The van der Waals surface area contributed by atoms with Crippen molar-refractivity contribution in [3.05, 3.63) is 74.6 Å². The first-order chi connectivity index (χ1) is 9.18. The van der Waals surface area contributed by atoms with Gasteiger partial charge in [-0.25, -0.2) is 4.68 Å². The zero-order valence-corrected chi connectivity index (χ0v) is 11.3. The molecule has 0 atom stereocenters. The Morgan fingerprint density at radius 3 is 2.58 bits per heavy atom. The molecule has 0 saturated heterocycles. The minimum atomic E-state index is -0.446. The summed E-state index contributed by atoms with van der Waals surface area (Å²) < 4.78 is 1.13. The first-order valence-corrected chi connectivity index (χ1v) is 6.27. The molecule has 5 heteroatoms. The number of halogens is 2. The van der Waals surface area contributed by atoms with Crippen LogP contribution in [-0.4, -0.2) is 9.78 Å². The maximum absolute atomic E-state index is 11.7. The van der Waals surface area contributed by atoms with Crippen LogP contribution < -0.4 is 5.56 Å². The number of hydrogen-bond acceptors (Lipinski definition) is 2. The van der Waals surface area contributed by atoms with Crippen LogP contribution in [0.4, 0.5) is 0 Å². The molecule has 0 saturated carbocycles. The van der Waals surface area contributed by atoms with E-state index in [0.717, 1.165) is 10.2 Å². The van der Waals surface area contributed by atoms with Crippen molar-refractivity contribution in [2.75, 3.05) is 0 Å². The predicted octanol–water partition coefficient (Wildman–Crippen LogP) is 3.73. The van der Waals surface area contributed by atoms with Crippen molar-refractivity contribution in [1.82, 2.24) is 9.78 Å². The van der Waals surface area contributed by atoms with Gasteiger partial charge in [-0.3, -0.25) is 4.79 Å². The number of rotatable bonds is 3. The topological polar surface area (TPSA) is 34.9 Å². The van der Waals surface area contributed by atoms with Gasteiger partial charge in [0.1, 0.15) is 5.02 Å². The van der Waals surface area contributed by atoms with Crippen molar-refractivity contribution in [3.8, 4) is 0 Å². The van der Waals surface area contributed by atoms with Gasteiger partial charge in [0.15, 0.2) is 0 Å². The highest BCUT2D eigenvalue weighted by Crippen LogP contribution is 2.14. The Bertz CT molecular complexity index is 676. The van der Waals surface area contributed by atoms with Crippen LogP contribution in [0.5, 0.6) is 0 Å². The molecule has 0 bridgehead atoms. The monoisotopic (exact) mass is 292 g/mol. The van der Waals surface area contributed by atoms with Crippen LogP contribution in [0, 0.1) is 0 Å².